The van der Waals surface area contributed by atoms with E-state index in [4.69, 9.17) is 5.84 Å². The van der Waals surface area contributed by atoms with Crippen molar-refractivity contribution in [2.45, 2.75) is 64.5 Å². The molecule has 4 nitrogen and oxygen atoms in total. The van der Waals surface area contributed by atoms with Crippen LogP contribution in [0.15, 0.2) is 18.3 Å². The monoisotopic (exact) mass is 290 g/mol. The van der Waals surface area contributed by atoms with Crippen molar-refractivity contribution in [1.29, 1.82) is 0 Å². The number of hydrogen-bond acceptors (Lipinski definition) is 4. The molecule has 1 aromatic rings. The smallest absolute Gasteiger partial charge is 0.0444 e. The molecule has 0 spiro atoms. The zero-order valence-corrected chi connectivity index (χ0v) is 13.7. The fourth-order valence-electron chi connectivity index (χ4n) is 3.20. The Kier molecular flexibility index (Phi) is 5.73. The third-order valence-electron chi connectivity index (χ3n) is 4.93. The number of hydrazine groups is 1. The number of pyridine rings is 1. The molecule has 0 saturated carbocycles. The second-order valence-corrected chi connectivity index (χ2v) is 6.64. The molecule has 21 heavy (non-hydrogen) atoms. The number of likely N-dealkylation sites (tertiary alicyclic amines) is 1. The van der Waals surface area contributed by atoms with Gasteiger partial charge in [0, 0.05) is 29.9 Å². The summed E-state index contributed by atoms with van der Waals surface area (Å²) in [6, 6.07) is 4.51. The first-order valence-electron chi connectivity index (χ1n) is 8.23. The minimum absolute atomic E-state index is 0.0419. The van der Waals surface area contributed by atoms with Crippen molar-refractivity contribution < 1.29 is 0 Å². The summed E-state index contributed by atoms with van der Waals surface area (Å²) in [4.78, 5) is 7.15. The van der Waals surface area contributed by atoms with Crippen LogP contribution in [-0.4, -0.2) is 34.6 Å². The van der Waals surface area contributed by atoms with Crippen LogP contribution in [0.4, 0.5) is 0 Å². The Bertz CT molecular complexity index is 421. The Morgan fingerprint density at radius 1 is 1.29 bits per heavy atom. The number of piperidine rings is 1. The van der Waals surface area contributed by atoms with Crippen molar-refractivity contribution in [1.82, 2.24) is 15.3 Å². The highest BCUT2D eigenvalue weighted by molar-refractivity contribution is 5.15. The third-order valence-corrected chi connectivity index (χ3v) is 4.93. The summed E-state index contributed by atoms with van der Waals surface area (Å²) >= 11 is 0. The van der Waals surface area contributed by atoms with Crippen molar-refractivity contribution in [3.63, 3.8) is 0 Å². The molecular formula is C17H30N4. The van der Waals surface area contributed by atoms with Crippen LogP contribution in [0.25, 0.3) is 0 Å². The topological polar surface area (TPSA) is 54.2 Å². The lowest BCUT2D eigenvalue weighted by atomic mass is 9.87. The Balaban J connectivity index is 2.06. The van der Waals surface area contributed by atoms with Gasteiger partial charge in [0.25, 0.3) is 0 Å². The first-order valence-corrected chi connectivity index (χ1v) is 8.23. The van der Waals surface area contributed by atoms with E-state index in [0.29, 0.717) is 0 Å². The maximum atomic E-state index is 5.87. The van der Waals surface area contributed by atoms with Crippen molar-refractivity contribution in [2.24, 2.45) is 5.84 Å². The van der Waals surface area contributed by atoms with Gasteiger partial charge in [0.1, 0.15) is 0 Å². The van der Waals surface area contributed by atoms with E-state index >= 15 is 0 Å². The molecule has 0 aliphatic carbocycles. The number of nitrogens with zero attached hydrogens (tertiary/aromatic N) is 2. The van der Waals surface area contributed by atoms with E-state index in [2.05, 4.69) is 48.2 Å². The first-order chi connectivity index (χ1) is 10.1. The molecule has 0 radical (unpaired) electrons. The minimum Gasteiger partial charge on any atom is -0.297 e. The molecule has 0 bridgehead atoms. The van der Waals surface area contributed by atoms with Gasteiger partial charge in [-0.3, -0.25) is 21.2 Å². The Labute approximate surface area is 129 Å². The van der Waals surface area contributed by atoms with Crippen LogP contribution < -0.4 is 11.3 Å². The standard InChI is InChI=1S/C17H30N4/c1-4-14-8-9-15(19-13-14)12-16(20-18)17(2,3)21-10-6-5-7-11-21/h8-9,13,16,20H,4-7,10-12,18H2,1-3H3. The summed E-state index contributed by atoms with van der Waals surface area (Å²) < 4.78 is 0. The van der Waals surface area contributed by atoms with Gasteiger partial charge in [-0.2, -0.15) is 0 Å². The second kappa shape index (κ2) is 7.34. The predicted octanol–water partition coefficient (Wildman–Crippen LogP) is 2.28. The molecule has 1 atom stereocenters. The van der Waals surface area contributed by atoms with Gasteiger partial charge in [-0.15, -0.1) is 0 Å². The highest BCUT2D eigenvalue weighted by atomic mass is 15.3. The first kappa shape index (κ1) is 16.4. The molecule has 1 aliphatic heterocycles. The fraction of sp³-hybridized carbons (Fsp3) is 0.706. The van der Waals surface area contributed by atoms with Crippen LogP contribution in [-0.2, 0) is 12.8 Å². The van der Waals surface area contributed by atoms with E-state index in [1.807, 2.05) is 6.20 Å². The van der Waals surface area contributed by atoms with Crippen LogP contribution in [0.3, 0.4) is 0 Å². The third kappa shape index (κ3) is 4.02. The van der Waals surface area contributed by atoms with Gasteiger partial charge >= 0.3 is 0 Å². The van der Waals surface area contributed by atoms with Crippen molar-refractivity contribution in [2.75, 3.05) is 13.1 Å². The molecule has 1 saturated heterocycles. The average molecular weight is 290 g/mol. The van der Waals surface area contributed by atoms with Crippen LogP contribution in [0.1, 0.15) is 51.3 Å². The van der Waals surface area contributed by atoms with Crippen LogP contribution in [0.2, 0.25) is 0 Å². The van der Waals surface area contributed by atoms with Crippen LogP contribution in [0.5, 0.6) is 0 Å². The SMILES string of the molecule is CCc1ccc(CC(NN)C(C)(C)N2CCCCC2)nc1. The van der Waals surface area contributed by atoms with E-state index in [1.165, 1.54) is 37.9 Å². The summed E-state index contributed by atoms with van der Waals surface area (Å²) in [6.45, 7) is 9.09. The Morgan fingerprint density at radius 2 is 2.00 bits per heavy atom. The van der Waals surface area contributed by atoms with Gasteiger partial charge in [-0.1, -0.05) is 19.4 Å². The largest absolute Gasteiger partial charge is 0.297 e. The summed E-state index contributed by atoms with van der Waals surface area (Å²) in [5, 5.41) is 0. The van der Waals surface area contributed by atoms with Gasteiger partial charge in [0.05, 0.1) is 0 Å². The van der Waals surface area contributed by atoms with E-state index in [9.17, 15) is 0 Å². The van der Waals surface area contributed by atoms with Crippen molar-refractivity contribution in [3.05, 3.63) is 29.6 Å². The maximum absolute atomic E-state index is 5.87. The number of hydrogen-bond donors (Lipinski definition) is 2. The molecular weight excluding hydrogens is 260 g/mol. The van der Waals surface area contributed by atoms with Gasteiger partial charge in [0.2, 0.25) is 0 Å². The zero-order chi connectivity index (χ0) is 15.3. The second-order valence-electron chi connectivity index (χ2n) is 6.64. The van der Waals surface area contributed by atoms with Gasteiger partial charge in [-0.05, 0) is 57.8 Å². The molecule has 0 aromatic carbocycles. The molecule has 2 heterocycles. The molecule has 3 N–H and O–H groups in total. The van der Waals surface area contributed by atoms with E-state index in [0.717, 1.165) is 18.5 Å². The summed E-state index contributed by atoms with van der Waals surface area (Å²) in [6.07, 6.45) is 7.83. The normalized spacial score (nSPS) is 18.7. The van der Waals surface area contributed by atoms with Gasteiger partial charge in [-0.25, -0.2) is 0 Å². The highest BCUT2D eigenvalue weighted by Crippen LogP contribution is 2.25. The van der Waals surface area contributed by atoms with Gasteiger partial charge in [0.15, 0.2) is 0 Å². The predicted molar refractivity (Wildman–Crippen MR) is 87.9 cm³/mol. The molecule has 1 aromatic heterocycles. The molecule has 4 heteroatoms. The van der Waals surface area contributed by atoms with Crippen molar-refractivity contribution in [3.8, 4) is 0 Å². The molecule has 1 fully saturated rings. The molecule has 0 amide bonds. The van der Waals surface area contributed by atoms with E-state index < -0.39 is 0 Å². The number of aromatic nitrogens is 1. The minimum atomic E-state index is 0.0419. The molecule has 1 aliphatic rings. The summed E-state index contributed by atoms with van der Waals surface area (Å²) in [7, 11) is 0. The van der Waals surface area contributed by atoms with E-state index in [1.54, 1.807) is 0 Å². The average Bonchev–Trinajstić information content (AvgIpc) is 2.53. The Hall–Kier alpha value is -0.970. The Morgan fingerprint density at radius 3 is 2.52 bits per heavy atom. The number of aryl methyl sites for hydroxylation is 1. The zero-order valence-electron chi connectivity index (χ0n) is 13.7. The summed E-state index contributed by atoms with van der Waals surface area (Å²) in [5.74, 6) is 5.87. The lowest BCUT2D eigenvalue weighted by molar-refractivity contribution is 0.0608. The fourth-order valence-corrected chi connectivity index (χ4v) is 3.20. The summed E-state index contributed by atoms with van der Waals surface area (Å²) in [5.41, 5.74) is 5.47. The maximum Gasteiger partial charge on any atom is 0.0444 e. The number of nitrogens with one attached hydrogen (secondary N) is 1. The molecule has 118 valence electrons. The van der Waals surface area contributed by atoms with Crippen LogP contribution in [0, 0.1) is 0 Å². The van der Waals surface area contributed by atoms with Crippen molar-refractivity contribution >= 4 is 0 Å². The lowest BCUT2D eigenvalue weighted by Gasteiger charge is -2.45. The number of rotatable bonds is 6. The number of nitrogens with two attached hydrogens (primary N) is 1. The quantitative estimate of drug-likeness (QED) is 0.623. The lowest BCUT2D eigenvalue weighted by Crippen LogP contribution is -2.61. The van der Waals surface area contributed by atoms with Crippen LogP contribution >= 0.6 is 0 Å². The van der Waals surface area contributed by atoms with Gasteiger partial charge < -0.3 is 0 Å². The van der Waals surface area contributed by atoms with E-state index in [-0.39, 0.29) is 11.6 Å². The molecule has 1 unspecified atom stereocenters. The highest BCUT2D eigenvalue weighted by Gasteiger charge is 2.35. The molecule has 2 rings (SSSR count).